The average molecular weight is 420 g/mol. The van der Waals surface area contributed by atoms with E-state index in [1.165, 1.54) is 11.1 Å². The third kappa shape index (κ3) is 4.26. The van der Waals surface area contributed by atoms with Gasteiger partial charge in [0, 0.05) is 43.9 Å². The second kappa shape index (κ2) is 8.63. The number of carboxylic acids is 1. The van der Waals surface area contributed by atoms with Gasteiger partial charge in [-0.1, -0.05) is 25.1 Å². The molecule has 6 heteroatoms. The summed E-state index contributed by atoms with van der Waals surface area (Å²) < 4.78 is 0. The van der Waals surface area contributed by atoms with E-state index in [1.807, 2.05) is 18.2 Å². The van der Waals surface area contributed by atoms with E-state index in [0.29, 0.717) is 11.5 Å². The molecule has 6 nitrogen and oxygen atoms in total. The number of carboxylic acid groups (broad SMARTS) is 1. The second-order valence-electron chi connectivity index (χ2n) is 8.78. The minimum atomic E-state index is -0.900. The van der Waals surface area contributed by atoms with Gasteiger partial charge in [0.1, 0.15) is 0 Å². The molecule has 1 aliphatic carbocycles. The Morgan fingerprint density at radius 3 is 2.42 bits per heavy atom. The van der Waals surface area contributed by atoms with Gasteiger partial charge in [0.15, 0.2) is 0 Å². The molecule has 1 saturated heterocycles. The van der Waals surface area contributed by atoms with E-state index < -0.39 is 5.97 Å². The van der Waals surface area contributed by atoms with Gasteiger partial charge in [0.25, 0.3) is 5.91 Å². The number of carbonyl (C=O) groups is 2. The normalized spacial score (nSPS) is 19.1. The summed E-state index contributed by atoms with van der Waals surface area (Å²) in [5, 5.41) is 9.47. The maximum absolute atomic E-state index is 12.1. The summed E-state index contributed by atoms with van der Waals surface area (Å²) in [6.07, 6.45) is 5.78. The van der Waals surface area contributed by atoms with Crippen molar-refractivity contribution in [3.05, 3.63) is 70.0 Å². The predicted molar refractivity (Wildman–Crippen MR) is 120 cm³/mol. The van der Waals surface area contributed by atoms with Crippen LogP contribution >= 0.6 is 0 Å². The number of hydrogen-bond acceptors (Lipinski definition) is 4. The Hall–Kier alpha value is -2.99. The summed E-state index contributed by atoms with van der Waals surface area (Å²) in [5.41, 5.74) is 5.23. The molecular weight excluding hydrogens is 390 g/mol. The summed E-state index contributed by atoms with van der Waals surface area (Å²) >= 11 is 0. The van der Waals surface area contributed by atoms with Gasteiger partial charge in [0.2, 0.25) is 0 Å². The molecule has 2 heterocycles. The number of benzene rings is 1. The summed E-state index contributed by atoms with van der Waals surface area (Å²) in [7, 11) is 3.54. The molecule has 1 fully saturated rings. The zero-order chi connectivity index (χ0) is 22.1. The number of fused-ring (bicyclic) bond motifs is 1. The minimum Gasteiger partial charge on any atom is -0.478 e. The smallest absolute Gasteiger partial charge is 0.336 e. The van der Waals surface area contributed by atoms with Gasteiger partial charge in [-0.15, -0.1) is 0 Å². The number of piperidine rings is 1. The van der Waals surface area contributed by atoms with E-state index in [9.17, 15) is 14.7 Å². The van der Waals surface area contributed by atoms with E-state index in [2.05, 4.69) is 28.9 Å². The molecule has 0 saturated carbocycles. The standard InChI is InChI=1S/C25H29N3O3/c1-16-20(14-22-21(25(30)31)8-11-26-23(16)22)15-28-12-9-18(10-13-28)17-4-6-19(7-5-17)24(29)27(2)3/h4-8,11,14,16,18H,9-10,12-13,15H2,1-3H3,(H,30,31)/t16-/m1/s1. The Kier molecular flexibility index (Phi) is 5.92. The fourth-order valence-electron chi connectivity index (χ4n) is 4.68. The van der Waals surface area contributed by atoms with Crippen LogP contribution in [-0.2, 0) is 0 Å². The molecular formula is C25H29N3O3. The van der Waals surface area contributed by atoms with Crippen molar-refractivity contribution in [2.45, 2.75) is 31.6 Å². The lowest BCUT2D eigenvalue weighted by molar-refractivity contribution is 0.0696. The van der Waals surface area contributed by atoms with Crippen molar-refractivity contribution < 1.29 is 14.7 Å². The predicted octanol–water partition coefficient (Wildman–Crippen LogP) is 3.86. The fourth-order valence-corrected chi connectivity index (χ4v) is 4.68. The molecule has 2 aromatic rings. The summed E-state index contributed by atoms with van der Waals surface area (Å²) in [4.78, 5) is 32.1. The number of nitrogens with zero attached hydrogens (tertiary/aromatic N) is 3. The molecule has 4 rings (SSSR count). The van der Waals surface area contributed by atoms with Crippen LogP contribution in [0.4, 0.5) is 0 Å². The van der Waals surface area contributed by atoms with Gasteiger partial charge in [-0.25, -0.2) is 4.79 Å². The van der Waals surface area contributed by atoms with Crippen LogP contribution in [0.1, 0.15) is 69.1 Å². The molecule has 1 aromatic carbocycles. The number of amides is 1. The summed E-state index contributed by atoms with van der Waals surface area (Å²) in [5.74, 6) is -0.217. The quantitative estimate of drug-likeness (QED) is 0.797. The fraction of sp³-hybridized carbons (Fsp3) is 0.400. The number of hydrogen-bond donors (Lipinski definition) is 1. The third-order valence-corrected chi connectivity index (χ3v) is 6.58. The lowest BCUT2D eigenvalue weighted by Gasteiger charge is -2.33. The number of carbonyl (C=O) groups excluding carboxylic acids is 1. The average Bonchev–Trinajstić information content (AvgIpc) is 3.09. The molecule has 31 heavy (non-hydrogen) atoms. The lowest BCUT2D eigenvalue weighted by atomic mass is 9.88. The highest BCUT2D eigenvalue weighted by molar-refractivity contribution is 5.94. The molecule has 0 unspecified atom stereocenters. The molecule has 2 aliphatic rings. The Balaban J connectivity index is 1.38. The Labute approximate surface area is 183 Å². The van der Waals surface area contributed by atoms with Crippen LogP contribution in [0.5, 0.6) is 0 Å². The van der Waals surface area contributed by atoms with E-state index in [1.54, 1.807) is 31.3 Å². The largest absolute Gasteiger partial charge is 0.478 e. The maximum atomic E-state index is 12.1. The van der Waals surface area contributed by atoms with Crippen LogP contribution in [0.15, 0.2) is 42.1 Å². The topological polar surface area (TPSA) is 73.7 Å². The number of rotatable bonds is 5. The van der Waals surface area contributed by atoms with Crippen molar-refractivity contribution >= 4 is 18.0 Å². The second-order valence-corrected chi connectivity index (χ2v) is 8.78. The molecule has 1 amide bonds. The van der Waals surface area contributed by atoms with Crippen LogP contribution < -0.4 is 0 Å². The Bertz CT molecular complexity index is 1020. The molecule has 0 bridgehead atoms. The van der Waals surface area contributed by atoms with E-state index in [-0.39, 0.29) is 11.8 Å². The van der Waals surface area contributed by atoms with Gasteiger partial charge < -0.3 is 10.0 Å². The Morgan fingerprint density at radius 2 is 1.81 bits per heavy atom. The third-order valence-electron chi connectivity index (χ3n) is 6.58. The van der Waals surface area contributed by atoms with Gasteiger partial charge in [-0.2, -0.15) is 0 Å². The van der Waals surface area contributed by atoms with Crippen molar-refractivity contribution in [2.75, 3.05) is 33.7 Å². The number of likely N-dealkylation sites (tertiary alicyclic amines) is 1. The van der Waals surface area contributed by atoms with E-state index in [0.717, 1.165) is 49.3 Å². The van der Waals surface area contributed by atoms with Crippen molar-refractivity contribution in [3.8, 4) is 0 Å². The van der Waals surface area contributed by atoms with Crippen LogP contribution in [0.25, 0.3) is 6.08 Å². The Morgan fingerprint density at radius 1 is 1.13 bits per heavy atom. The minimum absolute atomic E-state index is 0.0295. The number of pyridine rings is 1. The summed E-state index contributed by atoms with van der Waals surface area (Å²) in [6.45, 7) is 4.96. The van der Waals surface area contributed by atoms with Crippen molar-refractivity contribution in [2.24, 2.45) is 0 Å². The van der Waals surface area contributed by atoms with Gasteiger partial charge in [-0.3, -0.25) is 14.7 Å². The first-order valence-electron chi connectivity index (χ1n) is 10.8. The van der Waals surface area contributed by atoms with E-state index in [4.69, 9.17) is 0 Å². The molecule has 0 spiro atoms. The zero-order valence-electron chi connectivity index (χ0n) is 18.3. The number of aromatic carboxylic acids is 1. The highest BCUT2D eigenvalue weighted by atomic mass is 16.4. The van der Waals surface area contributed by atoms with Crippen molar-refractivity contribution in [3.63, 3.8) is 0 Å². The molecule has 1 N–H and O–H groups in total. The van der Waals surface area contributed by atoms with Crippen LogP contribution in [0.2, 0.25) is 0 Å². The molecule has 1 aromatic heterocycles. The van der Waals surface area contributed by atoms with Crippen molar-refractivity contribution in [1.29, 1.82) is 0 Å². The van der Waals surface area contributed by atoms with Gasteiger partial charge >= 0.3 is 5.97 Å². The zero-order valence-corrected chi connectivity index (χ0v) is 18.3. The summed E-state index contributed by atoms with van der Waals surface area (Å²) in [6, 6.07) is 9.62. The highest BCUT2D eigenvalue weighted by Gasteiger charge is 2.29. The van der Waals surface area contributed by atoms with Gasteiger partial charge in [0.05, 0.1) is 11.3 Å². The maximum Gasteiger partial charge on any atom is 0.336 e. The monoisotopic (exact) mass is 419 g/mol. The first-order valence-corrected chi connectivity index (χ1v) is 10.8. The molecule has 1 atom stereocenters. The SMILES string of the molecule is C[C@@H]1C(CN2CCC(c3ccc(C(=O)N(C)C)cc3)CC2)=Cc2c(C(=O)O)ccnc21. The van der Waals surface area contributed by atoms with E-state index >= 15 is 0 Å². The number of aromatic nitrogens is 1. The molecule has 1 aliphatic heterocycles. The first kappa shape index (κ1) is 21.2. The van der Waals surface area contributed by atoms with Crippen LogP contribution in [0, 0.1) is 0 Å². The highest BCUT2D eigenvalue weighted by Crippen LogP contribution is 2.37. The lowest BCUT2D eigenvalue weighted by Crippen LogP contribution is -2.34. The van der Waals surface area contributed by atoms with Gasteiger partial charge in [-0.05, 0) is 61.2 Å². The van der Waals surface area contributed by atoms with Crippen LogP contribution in [0.3, 0.4) is 0 Å². The van der Waals surface area contributed by atoms with Crippen LogP contribution in [-0.4, -0.2) is 65.5 Å². The molecule has 162 valence electrons. The molecule has 0 radical (unpaired) electrons. The van der Waals surface area contributed by atoms with Crippen molar-refractivity contribution in [1.82, 2.24) is 14.8 Å². The first-order chi connectivity index (χ1) is 14.8.